The molecule has 1 atom stereocenters. The Bertz CT molecular complexity index is 603. The highest BCUT2D eigenvalue weighted by atomic mass is 32.2. The number of hydrogen-bond acceptors (Lipinski definition) is 4. The van der Waals surface area contributed by atoms with Crippen LogP contribution in [0.5, 0.6) is 0 Å². The largest absolute Gasteiger partial charge is 0.384 e. The zero-order valence-electron chi connectivity index (χ0n) is 13.2. The van der Waals surface area contributed by atoms with Crippen LogP contribution in [0.1, 0.15) is 24.6 Å². The molecule has 4 nitrogen and oxygen atoms in total. The number of aromatic nitrogens is 1. The summed E-state index contributed by atoms with van der Waals surface area (Å²) in [5, 5.41) is 13.2. The summed E-state index contributed by atoms with van der Waals surface area (Å²) in [7, 11) is 0. The molecule has 0 bridgehead atoms. The molecule has 122 valence electrons. The lowest BCUT2D eigenvalue weighted by Crippen LogP contribution is -2.38. The molecule has 0 saturated heterocycles. The first kappa shape index (κ1) is 17.5. The van der Waals surface area contributed by atoms with Crippen LogP contribution in [0.3, 0.4) is 0 Å². The van der Waals surface area contributed by atoms with Crippen molar-refractivity contribution in [1.29, 1.82) is 0 Å². The molecule has 1 aromatic heterocycles. The van der Waals surface area contributed by atoms with Crippen LogP contribution < -0.4 is 5.32 Å². The van der Waals surface area contributed by atoms with Crippen LogP contribution in [0.15, 0.2) is 54.7 Å². The highest BCUT2D eigenvalue weighted by Gasteiger charge is 2.23. The van der Waals surface area contributed by atoms with E-state index < -0.39 is 5.60 Å². The van der Waals surface area contributed by atoms with Gasteiger partial charge in [-0.05, 0) is 24.6 Å². The van der Waals surface area contributed by atoms with Crippen molar-refractivity contribution in [1.82, 2.24) is 10.3 Å². The van der Waals surface area contributed by atoms with E-state index in [2.05, 4.69) is 10.3 Å². The Morgan fingerprint density at radius 2 is 1.96 bits per heavy atom. The maximum Gasteiger partial charge on any atom is 0.220 e. The highest BCUT2D eigenvalue weighted by molar-refractivity contribution is 7.98. The minimum atomic E-state index is -1.06. The molecule has 0 aliphatic rings. The van der Waals surface area contributed by atoms with E-state index in [1.165, 1.54) is 0 Å². The lowest BCUT2D eigenvalue weighted by molar-refractivity contribution is -0.121. The number of amides is 1. The lowest BCUT2D eigenvalue weighted by Gasteiger charge is -2.24. The number of pyridine rings is 1. The molecular weight excluding hydrogens is 308 g/mol. The second-order valence-corrected chi connectivity index (χ2v) is 6.65. The minimum absolute atomic E-state index is 0.0465. The number of carbonyl (C=O) groups is 1. The van der Waals surface area contributed by atoms with Gasteiger partial charge in [-0.25, -0.2) is 0 Å². The fourth-order valence-electron chi connectivity index (χ4n) is 2.08. The van der Waals surface area contributed by atoms with E-state index in [9.17, 15) is 9.90 Å². The Balaban J connectivity index is 1.67. The van der Waals surface area contributed by atoms with Gasteiger partial charge in [-0.3, -0.25) is 9.78 Å². The number of hydrogen-bond donors (Lipinski definition) is 2. The summed E-state index contributed by atoms with van der Waals surface area (Å²) in [5.74, 6) is 1.49. The third-order valence-corrected chi connectivity index (χ3v) is 4.47. The van der Waals surface area contributed by atoms with Crippen molar-refractivity contribution in [2.45, 2.75) is 24.7 Å². The molecule has 1 unspecified atom stereocenters. The average molecular weight is 330 g/mol. The SMILES string of the molecule is CC(O)(CNC(=O)CCSCc1ccccn1)c1ccccc1. The van der Waals surface area contributed by atoms with Crippen molar-refractivity contribution < 1.29 is 9.90 Å². The van der Waals surface area contributed by atoms with Crippen LogP contribution in [0, 0.1) is 0 Å². The van der Waals surface area contributed by atoms with Gasteiger partial charge in [0.25, 0.3) is 0 Å². The molecule has 2 rings (SSSR count). The molecule has 0 saturated carbocycles. The first-order valence-corrected chi connectivity index (χ1v) is 8.76. The molecule has 5 heteroatoms. The van der Waals surface area contributed by atoms with Crippen molar-refractivity contribution in [2.75, 3.05) is 12.3 Å². The standard InChI is InChI=1S/C18H22N2O2S/c1-18(22,15-7-3-2-4-8-15)14-20-17(21)10-12-23-13-16-9-5-6-11-19-16/h2-9,11,22H,10,12-14H2,1H3,(H,20,21). The zero-order valence-corrected chi connectivity index (χ0v) is 14.1. The third kappa shape index (κ3) is 6.04. The zero-order chi connectivity index (χ0) is 16.5. The number of carbonyl (C=O) groups excluding carboxylic acids is 1. The van der Waals surface area contributed by atoms with E-state index in [4.69, 9.17) is 0 Å². The van der Waals surface area contributed by atoms with E-state index in [0.717, 1.165) is 22.8 Å². The molecule has 1 amide bonds. The summed E-state index contributed by atoms with van der Waals surface area (Å²) in [6, 6.07) is 15.2. The maximum absolute atomic E-state index is 11.9. The van der Waals surface area contributed by atoms with Gasteiger partial charge in [0.1, 0.15) is 5.60 Å². The average Bonchev–Trinajstić information content (AvgIpc) is 2.59. The summed E-state index contributed by atoms with van der Waals surface area (Å²) in [6.45, 7) is 1.92. The van der Waals surface area contributed by atoms with Gasteiger partial charge >= 0.3 is 0 Å². The van der Waals surface area contributed by atoms with Crippen molar-refractivity contribution in [3.05, 3.63) is 66.0 Å². The Labute approximate surface area is 141 Å². The molecule has 0 spiro atoms. The van der Waals surface area contributed by atoms with E-state index in [1.807, 2.05) is 48.5 Å². The first-order valence-electron chi connectivity index (χ1n) is 7.60. The molecular formula is C18H22N2O2S. The van der Waals surface area contributed by atoms with Gasteiger partial charge in [0, 0.05) is 24.1 Å². The van der Waals surface area contributed by atoms with Crippen molar-refractivity contribution >= 4 is 17.7 Å². The van der Waals surface area contributed by atoms with Crippen molar-refractivity contribution in [3.63, 3.8) is 0 Å². The van der Waals surface area contributed by atoms with Crippen LogP contribution in [-0.4, -0.2) is 28.3 Å². The molecule has 1 heterocycles. The Morgan fingerprint density at radius 1 is 1.22 bits per heavy atom. The highest BCUT2D eigenvalue weighted by Crippen LogP contribution is 2.19. The molecule has 2 N–H and O–H groups in total. The molecule has 23 heavy (non-hydrogen) atoms. The smallest absolute Gasteiger partial charge is 0.220 e. The Morgan fingerprint density at radius 3 is 2.65 bits per heavy atom. The van der Waals surface area contributed by atoms with Gasteiger partial charge in [-0.2, -0.15) is 11.8 Å². The number of aliphatic hydroxyl groups is 1. The fraction of sp³-hybridized carbons (Fsp3) is 0.333. The van der Waals surface area contributed by atoms with Gasteiger partial charge in [-0.15, -0.1) is 0 Å². The van der Waals surface area contributed by atoms with E-state index in [1.54, 1.807) is 24.9 Å². The van der Waals surface area contributed by atoms with Crippen LogP contribution in [-0.2, 0) is 16.1 Å². The molecule has 0 aliphatic carbocycles. The number of nitrogens with one attached hydrogen (secondary N) is 1. The monoisotopic (exact) mass is 330 g/mol. The predicted molar refractivity (Wildman–Crippen MR) is 94.0 cm³/mol. The number of benzene rings is 1. The predicted octanol–water partition coefficient (Wildman–Crippen LogP) is 2.73. The Hall–Kier alpha value is -1.85. The van der Waals surface area contributed by atoms with Gasteiger partial charge < -0.3 is 10.4 Å². The summed E-state index contributed by atoms with van der Waals surface area (Å²) >= 11 is 1.68. The van der Waals surface area contributed by atoms with Gasteiger partial charge in [0.15, 0.2) is 0 Å². The van der Waals surface area contributed by atoms with Gasteiger partial charge in [0.05, 0.1) is 12.2 Å². The van der Waals surface area contributed by atoms with E-state index >= 15 is 0 Å². The van der Waals surface area contributed by atoms with Crippen LogP contribution >= 0.6 is 11.8 Å². The van der Waals surface area contributed by atoms with Crippen LogP contribution in [0.25, 0.3) is 0 Å². The Kier molecular flexibility index (Phi) is 6.62. The summed E-state index contributed by atoms with van der Waals surface area (Å²) in [6.07, 6.45) is 2.20. The summed E-state index contributed by atoms with van der Waals surface area (Å²) in [4.78, 5) is 16.1. The number of rotatable bonds is 8. The molecule has 0 radical (unpaired) electrons. The normalized spacial score (nSPS) is 13.3. The van der Waals surface area contributed by atoms with Gasteiger partial charge in [0.2, 0.25) is 5.91 Å². The second kappa shape index (κ2) is 8.70. The van der Waals surface area contributed by atoms with E-state index in [0.29, 0.717) is 6.42 Å². The number of nitrogens with zero attached hydrogens (tertiary/aromatic N) is 1. The van der Waals surface area contributed by atoms with Crippen LogP contribution in [0.4, 0.5) is 0 Å². The quantitative estimate of drug-likeness (QED) is 0.731. The topological polar surface area (TPSA) is 62.2 Å². The summed E-state index contributed by atoms with van der Waals surface area (Å²) < 4.78 is 0. The molecule has 0 aliphatic heterocycles. The minimum Gasteiger partial charge on any atom is -0.384 e. The lowest BCUT2D eigenvalue weighted by atomic mass is 9.96. The van der Waals surface area contributed by atoms with E-state index in [-0.39, 0.29) is 12.5 Å². The fourth-order valence-corrected chi connectivity index (χ4v) is 2.94. The first-order chi connectivity index (χ1) is 11.1. The molecule has 0 fully saturated rings. The van der Waals surface area contributed by atoms with Crippen LogP contribution in [0.2, 0.25) is 0 Å². The van der Waals surface area contributed by atoms with Gasteiger partial charge in [-0.1, -0.05) is 36.4 Å². The van der Waals surface area contributed by atoms with Crippen molar-refractivity contribution in [2.24, 2.45) is 0 Å². The maximum atomic E-state index is 11.9. The second-order valence-electron chi connectivity index (χ2n) is 5.54. The van der Waals surface area contributed by atoms with Crippen molar-refractivity contribution in [3.8, 4) is 0 Å². The molecule has 1 aromatic carbocycles. The molecule has 2 aromatic rings. The number of thioether (sulfide) groups is 1. The summed E-state index contributed by atoms with van der Waals surface area (Å²) in [5.41, 5.74) is 0.757. The third-order valence-electron chi connectivity index (χ3n) is 3.48.